The van der Waals surface area contributed by atoms with Crippen LogP contribution < -0.4 is 11.1 Å². The standard InChI is InChI=1S/C18H34N2O2/c1-2-3-4-5-6-7-8-9-10-11-12-13-16-20-18(22)15-14-17(19)21/h13,16H,2-12,14-15H2,1H3,(H2,19,21)(H,20,22). The Bertz CT molecular complexity index is 314. The summed E-state index contributed by atoms with van der Waals surface area (Å²) in [7, 11) is 0. The van der Waals surface area contributed by atoms with Crippen LogP contribution >= 0.6 is 0 Å². The summed E-state index contributed by atoms with van der Waals surface area (Å²) in [6.07, 6.45) is 18.3. The van der Waals surface area contributed by atoms with Crippen molar-refractivity contribution in [3.8, 4) is 0 Å². The highest BCUT2D eigenvalue weighted by atomic mass is 16.2. The van der Waals surface area contributed by atoms with E-state index in [1.165, 1.54) is 64.2 Å². The average molecular weight is 310 g/mol. The number of primary amides is 1. The predicted octanol–water partition coefficient (Wildman–Crippen LogP) is 4.19. The number of hydrogen-bond donors (Lipinski definition) is 2. The van der Waals surface area contributed by atoms with Gasteiger partial charge < -0.3 is 11.1 Å². The van der Waals surface area contributed by atoms with Gasteiger partial charge >= 0.3 is 0 Å². The van der Waals surface area contributed by atoms with Crippen LogP contribution in [0.4, 0.5) is 0 Å². The average Bonchev–Trinajstić information content (AvgIpc) is 2.49. The minimum Gasteiger partial charge on any atom is -0.370 e. The monoisotopic (exact) mass is 310 g/mol. The molecule has 4 nitrogen and oxygen atoms in total. The number of nitrogens with one attached hydrogen (secondary N) is 1. The van der Waals surface area contributed by atoms with E-state index in [1.54, 1.807) is 6.20 Å². The molecule has 0 fully saturated rings. The molecule has 2 amide bonds. The zero-order valence-electron chi connectivity index (χ0n) is 14.2. The largest absolute Gasteiger partial charge is 0.370 e. The summed E-state index contributed by atoms with van der Waals surface area (Å²) in [6.45, 7) is 2.25. The highest BCUT2D eigenvalue weighted by molar-refractivity contribution is 5.83. The number of nitrogens with two attached hydrogens (primary N) is 1. The lowest BCUT2D eigenvalue weighted by Gasteiger charge is -2.01. The van der Waals surface area contributed by atoms with Crippen LogP contribution in [0.25, 0.3) is 0 Å². The molecule has 0 aromatic heterocycles. The summed E-state index contributed by atoms with van der Waals surface area (Å²) in [5, 5.41) is 2.65. The molecule has 0 aliphatic rings. The van der Waals surface area contributed by atoms with Crippen LogP contribution in [0.15, 0.2) is 12.3 Å². The fourth-order valence-electron chi connectivity index (χ4n) is 2.29. The smallest absolute Gasteiger partial charge is 0.224 e. The summed E-state index contributed by atoms with van der Waals surface area (Å²) in [4.78, 5) is 21.8. The van der Waals surface area contributed by atoms with Crippen LogP contribution in [0.5, 0.6) is 0 Å². The van der Waals surface area contributed by atoms with Gasteiger partial charge in [-0.05, 0) is 19.0 Å². The zero-order chi connectivity index (χ0) is 16.5. The molecule has 0 unspecified atom stereocenters. The van der Waals surface area contributed by atoms with Crippen molar-refractivity contribution in [2.45, 2.75) is 90.4 Å². The van der Waals surface area contributed by atoms with Gasteiger partial charge in [0.05, 0.1) is 0 Å². The van der Waals surface area contributed by atoms with E-state index < -0.39 is 5.91 Å². The van der Waals surface area contributed by atoms with E-state index in [4.69, 9.17) is 5.73 Å². The molecule has 0 rings (SSSR count). The van der Waals surface area contributed by atoms with Gasteiger partial charge in [0.2, 0.25) is 11.8 Å². The third kappa shape index (κ3) is 16.7. The van der Waals surface area contributed by atoms with Crippen LogP contribution in [0.1, 0.15) is 90.4 Å². The van der Waals surface area contributed by atoms with E-state index in [1.807, 2.05) is 6.08 Å². The Morgan fingerprint density at radius 3 is 1.95 bits per heavy atom. The third-order valence-electron chi connectivity index (χ3n) is 3.68. The second-order valence-electron chi connectivity index (χ2n) is 5.91. The van der Waals surface area contributed by atoms with Crippen LogP contribution in [0.3, 0.4) is 0 Å². The van der Waals surface area contributed by atoms with Gasteiger partial charge in [0, 0.05) is 12.8 Å². The van der Waals surface area contributed by atoms with Crippen molar-refractivity contribution >= 4 is 11.8 Å². The first-order valence-electron chi connectivity index (χ1n) is 8.89. The highest BCUT2D eigenvalue weighted by Crippen LogP contribution is 2.11. The van der Waals surface area contributed by atoms with E-state index in [9.17, 15) is 9.59 Å². The summed E-state index contributed by atoms with van der Waals surface area (Å²) < 4.78 is 0. The third-order valence-corrected chi connectivity index (χ3v) is 3.68. The lowest BCUT2D eigenvalue weighted by molar-refractivity contribution is -0.124. The molecule has 0 heterocycles. The topological polar surface area (TPSA) is 72.2 Å². The Labute approximate surface area is 135 Å². The van der Waals surface area contributed by atoms with Crippen LogP contribution in [0.2, 0.25) is 0 Å². The highest BCUT2D eigenvalue weighted by Gasteiger charge is 2.00. The number of unbranched alkanes of at least 4 members (excludes halogenated alkanes) is 10. The normalized spacial score (nSPS) is 11.0. The molecule has 0 atom stereocenters. The van der Waals surface area contributed by atoms with Gasteiger partial charge in [-0.15, -0.1) is 0 Å². The van der Waals surface area contributed by atoms with Crippen LogP contribution in [0, 0.1) is 0 Å². The van der Waals surface area contributed by atoms with Crippen molar-refractivity contribution in [3.05, 3.63) is 12.3 Å². The molecule has 3 N–H and O–H groups in total. The molecule has 0 saturated heterocycles. The summed E-state index contributed by atoms with van der Waals surface area (Å²) in [5.74, 6) is -0.595. The lowest BCUT2D eigenvalue weighted by Crippen LogP contribution is -2.20. The van der Waals surface area contributed by atoms with Gasteiger partial charge in [0.1, 0.15) is 0 Å². The number of rotatable bonds is 15. The maximum Gasteiger partial charge on any atom is 0.224 e. The van der Waals surface area contributed by atoms with Gasteiger partial charge in [-0.25, -0.2) is 0 Å². The number of allylic oxidation sites excluding steroid dienone is 1. The molecule has 0 bridgehead atoms. The van der Waals surface area contributed by atoms with E-state index in [0.717, 1.165) is 6.42 Å². The fourth-order valence-corrected chi connectivity index (χ4v) is 2.29. The second kappa shape index (κ2) is 16.1. The first-order chi connectivity index (χ1) is 10.7. The Balaban J connectivity index is 3.23. The van der Waals surface area contributed by atoms with E-state index in [0.29, 0.717) is 0 Å². The zero-order valence-corrected chi connectivity index (χ0v) is 14.2. The lowest BCUT2D eigenvalue weighted by atomic mass is 10.1. The molecule has 0 aliphatic heterocycles. The predicted molar refractivity (Wildman–Crippen MR) is 92.2 cm³/mol. The van der Waals surface area contributed by atoms with Gasteiger partial charge in [0.15, 0.2) is 0 Å². The van der Waals surface area contributed by atoms with Crippen LogP contribution in [-0.2, 0) is 9.59 Å². The Hall–Kier alpha value is -1.32. The van der Waals surface area contributed by atoms with Gasteiger partial charge in [0.25, 0.3) is 0 Å². The molecular weight excluding hydrogens is 276 g/mol. The molecule has 0 aliphatic carbocycles. The number of carbonyl (C=O) groups is 2. The number of hydrogen-bond acceptors (Lipinski definition) is 2. The Morgan fingerprint density at radius 1 is 0.864 bits per heavy atom. The minimum atomic E-state index is -0.440. The fraction of sp³-hybridized carbons (Fsp3) is 0.778. The molecule has 0 aromatic rings. The van der Waals surface area contributed by atoms with Crippen molar-refractivity contribution in [3.63, 3.8) is 0 Å². The Morgan fingerprint density at radius 2 is 1.41 bits per heavy atom. The SMILES string of the molecule is CCCCCCCCCCCCC=CNC(=O)CCC(N)=O. The molecule has 22 heavy (non-hydrogen) atoms. The molecule has 128 valence electrons. The van der Waals surface area contributed by atoms with E-state index >= 15 is 0 Å². The quantitative estimate of drug-likeness (QED) is 0.445. The van der Waals surface area contributed by atoms with Crippen LogP contribution in [-0.4, -0.2) is 11.8 Å². The minimum absolute atomic E-state index is 0.109. The second-order valence-corrected chi connectivity index (χ2v) is 5.91. The van der Waals surface area contributed by atoms with Crippen molar-refractivity contribution in [1.29, 1.82) is 0 Å². The summed E-state index contributed by atoms with van der Waals surface area (Å²) in [5.41, 5.74) is 4.98. The van der Waals surface area contributed by atoms with Crippen molar-refractivity contribution in [2.24, 2.45) is 5.73 Å². The summed E-state index contributed by atoms with van der Waals surface area (Å²) >= 11 is 0. The molecule has 0 saturated carbocycles. The van der Waals surface area contributed by atoms with Crippen molar-refractivity contribution < 1.29 is 9.59 Å². The molecule has 0 radical (unpaired) electrons. The maximum atomic E-state index is 11.3. The number of amides is 2. The van der Waals surface area contributed by atoms with E-state index in [-0.39, 0.29) is 18.7 Å². The van der Waals surface area contributed by atoms with Gasteiger partial charge in [-0.2, -0.15) is 0 Å². The molecular formula is C18H34N2O2. The van der Waals surface area contributed by atoms with E-state index in [2.05, 4.69) is 12.2 Å². The molecule has 4 heteroatoms. The molecule has 0 spiro atoms. The maximum absolute atomic E-state index is 11.3. The first-order valence-corrected chi connectivity index (χ1v) is 8.89. The van der Waals surface area contributed by atoms with Crippen molar-refractivity contribution in [1.82, 2.24) is 5.32 Å². The van der Waals surface area contributed by atoms with Gasteiger partial charge in [-0.1, -0.05) is 70.8 Å². The Kier molecular flexibility index (Phi) is 15.1. The first kappa shape index (κ1) is 20.7. The van der Waals surface area contributed by atoms with Crippen molar-refractivity contribution in [2.75, 3.05) is 0 Å². The number of carbonyl (C=O) groups excluding carboxylic acids is 2. The van der Waals surface area contributed by atoms with Gasteiger partial charge in [-0.3, -0.25) is 9.59 Å². The summed E-state index contributed by atoms with van der Waals surface area (Å²) in [6, 6.07) is 0. The molecule has 0 aromatic carbocycles.